The number of amides is 1. The zero-order chi connectivity index (χ0) is 17.6. The number of ether oxygens (including phenoxy) is 2. The van der Waals surface area contributed by atoms with Gasteiger partial charge in [-0.05, 0) is 29.7 Å². The minimum Gasteiger partial charge on any atom is -0.493 e. The van der Waals surface area contributed by atoms with Crippen LogP contribution in [0.25, 0.3) is 0 Å². The molecule has 1 amide bonds. The highest BCUT2D eigenvalue weighted by atomic mass is 16.5. The van der Waals surface area contributed by atoms with Gasteiger partial charge in [-0.25, -0.2) is 4.98 Å². The van der Waals surface area contributed by atoms with Gasteiger partial charge in [0.2, 0.25) is 5.91 Å². The molecule has 1 aliphatic rings. The summed E-state index contributed by atoms with van der Waals surface area (Å²) in [5.41, 5.74) is 2.45. The average Bonchev–Trinajstić information content (AvgIpc) is 3.13. The fourth-order valence-corrected chi connectivity index (χ4v) is 3.08. The molecular formula is C18H24N4O3. The predicted molar refractivity (Wildman–Crippen MR) is 93.8 cm³/mol. The van der Waals surface area contributed by atoms with E-state index in [-0.39, 0.29) is 5.91 Å². The third-order valence-corrected chi connectivity index (χ3v) is 4.42. The van der Waals surface area contributed by atoms with Crippen LogP contribution in [0.15, 0.2) is 30.9 Å². The lowest BCUT2D eigenvalue weighted by molar-refractivity contribution is -0.122. The molecule has 0 radical (unpaired) electrons. The summed E-state index contributed by atoms with van der Waals surface area (Å²) >= 11 is 0. The molecule has 2 aromatic rings. The molecule has 1 aromatic carbocycles. The molecule has 0 saturated carbocycles. The van der Waals surface area contributed by atoms with E-state index >= 15 is 0 Å². The van der Waals surface area contributed by atoms with Crippen LogP contribution in [0.5, 0.6) is 11.5 Å². The Balaban J connectivity index is 1.52. The van der Waals surface area contributed by atoms with Gasteiger partial charge in [-0.2, -0.15) is 0 Å². The minimum absolute atomic E-state index is 0.0454. The highest BCUT2D eigenvalue weighted by Gasteiger charge is 2.20. The Morgan fingerprint density at radius 1 is 1.24 bits per heavy atom. The van der Waals surface area contributed by atoms with E-state index in [1.165, 1.54) is 11.1 Å². The number of hydrogen-bond donors (Lipinski definition) is 1. The Labute approximate surface area is 147 Å². The van der Waals surface area contributed by atoms with Crippen molar-refractivity contribution in [2.24, 2.45) is 0 Å². The van der Waals surface area contributed by atoms with E-state index in [1.807, 2.05) is 22.9 Å². The standard InChI is InChI=1S/C18H24N4O3/c1-24-16-9-14-3-6-22(11-15(14)10-17(16)25-2)12-18(23)20-5-8-21-7-4-19-13-21/h4,7,9-10,13H,3,5-6,8,11-12H2,1-2H3,(H,20,23). The maximum atomic E-state index is 12.2. The molecule has 1 N–H and O–H groups in total. The van der Waals surface area contributed by atoms with Gasteiger partial charge in [0.25, 0.3) is 0 Å². The number of carbonyl (C=O) groups excluding carboxylic acids is 1. The van der Waals surface area contributed by atoms with E-state index in [0.717, 1.165) is 37.6 Å². The van der Waals surface area contributed by atoms with Crippen LogP contribution in [0.3, 0.4) is 0 Å². The fourth-order valence-electron chi connectivity index (χ4n) is 3.08. The molecule has 0 unspecified atom stereocenters. The Morgan fingerprint density at radius 3 is 2.68 bits per heavy atom. The van der Waals surface area contributed by atoms with Gasteiger partial charge in [0.1, 0.15) is 0 Å². The number of imidazole rings is 1. The zero-order valence-electron chi connectivity index (χ0n) is 14.7. The van der Waals surface area contributed by atoms with Crippen LogP contribution in [0.1, 0.15) is 11.1 Å². The highest BCUT2D eigenvalue weighted by molar-refractivity contribution is 5.78. The van der Waals surface area contributed by atoms with Crippen molar-refractivity contribution in [3.63, 3.8) is 0 Å². The molecule has 0 spiro atoms. The van der Waals surface area contributed by atoms with Crippen molar-refractivity contribution in [3.8, 4) is 11.5 Å². The normalized spacial score (nSPS) is 14.0. The average molecular weight is 344 g/mol. The predicted octanol–water partition coefficient (Wildman–Crippen LogP) is 1.07. The molecule has 134 valence electrons. The summed E-state index contributed by atoms with van der Waals surface area (Å²) in [5, 5.41) is 2.96. The van der Waals surface area contributed by atoms with Crippen LogP contribution >= 0.6 is 0 Å². The summed E-state index contributed by atoms with van der Waals surface area (Å²) in [7, 11) is 3.28. The summed E-state index contributed by atoms with van der Waals surface area (Å²) in [5.74, 6) is 1.53. The SMILES string of the molecule is COc1cc2c(cc1OC)CN(CC(=O)NCCn1ccnc1)CC2. The van der Waals surface area contributed by atoms with Crippen molar-refractivity contribution in [1.29, 1.82) is 0 Å². The first-order valence-electron chi connectivity index (χ1n) is 8.38. The Morgan fingerprint density at radius 2 is 2.00 bits per heavy atom. The van der Waals surface area contributed by atoms with Crippen molar-refractivity contribution in [2.45, 2.75) is 19.5 Å². The van der Waals surface area contributed by atoms with Crippen molar-refractivity contribution >= 4 is 5.91 Å². The van der Waals surface area contributed by atoms with Crippen LogP contribution in [0, 0.1) is 0 Å². The smallest absolute Gasteiger partial charge is 0.234 e. The fraction of sp³-hybridized carbons (Fsp3) is 0.444. The maximum absolute atomic E-state index is 12.2. The first-order valence-corrected chi connectivity index (χ1v) is 8.38. The molecule has 7 nitrogen and oxygen atoms in total. The highest BCUT2D eigenvalue weighted by Crippen LogP contribution is 2.33. The first kappa shape index (κ1) is 17.3. The number of rotatable bonds is 7. The minimum atomic E-state index is 0.0454. The van der Waals surface area contributed by atoms with Crippen LogP contribution in [-0.4, -0.2) is 54.2 Å². The third kappa shape index (κ3) is 4.30. The van der Waals surface area contributed by atoms with E-state index in [2.05, 4.69) is 15.2 Å². The van der Waals surface area contributed by atoms with E-state index in [1.54, 1.807) is 26.7 Å². The molecule has 25 heavy (non-hydrogen) atoms. The monoisotopic (exact) mass is 344 g/mol. The molecule has 0 aliphatic carbocycles. The Kier molecular flexibility index (Phi) is 5.55. The van der Waals surface area contributed by atoms with E-state index in [4.69, 9.17) is 9.47 Å². The molecular weight excluding hydrogens is 320 g/mol. The van der Waals surface area contributed by atoms with Gasteiger partial charge >= 0.3 is 0 Å². The van der Waals surface area contributed by atoms with Crippen LogP contribution in [0.2, 0.25) is 0 Å². The number of benzene rings is 1. The van der Waals surface area contributed by atoms with Gasteiger partial charge < -0.3 is 19.4 Å². The number of methoxy groups -OCH3 is 2. The molecule has 2 heterocycles. The molecule has 0 atom stereocenters. The second-order valence-corrected chi connectivity index (χ2v) is 6.09. The summed E-state index contributed by atoms with van der Waals surface area (Å²) in [6.45, 7) is 3.33. The van der Waals surface area contributed by atoms with Gasteiger partial charge in [0.15, 0.2) is 11.5 Å². The summed E-state index contributed by atoms with van der Waals surface area (Å²) in [6, 6.07) is 4.05. The third-order valence-electron chi connectivity index (χ3n) is 4.42. The van der Waals surface area contributed by atoms with Crippen molar-refractivity contribution < 1.29 is 14.3 Å². The number of nitrogens with zero attached hydrogens (tertiary/aromatic N) is 3. The lowest BCUT2D eigenvalue weighted by atomic mass is 9.99. The molecule has 1 aromatic heterocycles. The number of aromatic nitrogens is 2. The Hall–Kier alpha value is -2.54. The van der Waals surface area contributed by atoms with E-state index in [9.17, 15) is 4.79 Å². The topological polar surface area (TPSA) is 68.6 Å². The lowest BCUT2D eigenvalue weighted by Gasteiger charge is -2.29. The number of hydrogen-bond acceptors (Lipinski definition) is 5. The molecule has 0 saturated heterocycles. The van der Waals surface area contributed by atoms with Crippen LogP contribution < -0.4 is 14.8 Å². The summed E-state index contributed by atoms with van der Waals surface area (Å²) in [6.07, 6.45) is 6.26. The lowest BCUT2D eigenvalue weighted by Crippen LogP contribution is -2.40. The molecule has 0 fully saturated rings. The summed E-state index contributed by atoms with van der Waals surface area (Å²) in [4.78, 5) is 18.3. The van der Waals surface area contributed by atoms with E-state index in [0.29, 0.717) is 13.1 Å². The number of nitrogens with one attached hydrogen (secondary N) is 1. The van der Waals surface area contributed by atoms with Crippen molar-refractivity contribution in [2.75, 3.05) is 33.9 Å². The largest absolute Gasteiger partial charge is 0.493 e. The molecule has 0 bridgehead atoms. The number of carbonyl (C=O) groups is 1. The van der Waals surface area contributed by atoms with Crippen molar-refractivity contribution in [1.82, 2.24) is 19.8 Å². The van der Waals surface area contributed by atoms with Gasteiger partial charge in [0.05, 0.1) is 27.1 Å². The quantitative estimate of drug-likeness (QED) is 0.814. The van der Waals surface area contributed by atoms with Gasteiger partial charge in [-0.3, -0.25) is 9.69 Å². The second-order valence-electron chi connectivity index (χ2n) is 6.09. The van der Waals surface area contributed by atoms with Gasteiger partial charge in [0, 0.05) is 38.6 Å². The van der Waals surface area contributed by atoms with Crippen LogP contribution in [0.4, 0.5) is 0 Å². The molecule has 1 aliphatic heterocycles. The first-order chi connectivity index (χ1) is 12.2. The van der Waals surface area contributed by atoms with Crippen LogP contribution in [-0.2, 0) is 24.3 Å². The zero-order valence-corrected chi connectivity index (χ0v) is 14.7. The molecule has 3 rings (SSSR count). The van der Waals surface area contributed by atoms with Crippen molar-refractivity contribution in [3.05, 3.63) is 42.0 Å². The second kappa shape index (κ2) is 8.02. The van der Waals surface area contributed by atoms with Gasteiger partial charge in [-0.1, -0.05) is 0 Å². The van der Waals surface area contributed by atoms with E-state index < -0.39 is 0 Å². The van der Waals surface area contributed by atoms with Gasteiger partial charge in [-0.15, -0.1) is 0 Å². The summed E-state index contributed by atoms with van der Waals surface area (Å²) < 4.78 is 12.7. The maximum Gasteiger partial charge on any atom is 0.234 e. The molecule has 7 heteroatoms. The Bertz CT molecular complexity index is 715. The number of fused-ring (bicyclic) bond motifs is 1.